The van der Waals surface area contributed by atoms with Crippen molar-refractivity contribution in [3.8, 4) is 0 Å². The van der Waals surface area contributed by atoms with Crippen LogP contribution in [0.5, 0.6) is 0 Å². The standard InChI is InChI=1S/C50H74O27.2C2H6.7CH4/c1-3-64-38-77-46(58)20-11-16-41(53)69-25-6-7-26-70-47(59)21-22-48(60)76-36-32-66-31-35-75-45(57)19-10-18-44(56)74-34-30-65-29-33-73-43(55)17-9-14-40(52)68-24-5-4-23-67-39(51)13-8-15-42(54)71-27-12-28-72-50(62)37-49(61)63-2;2*1-2;;;;;;;/h4-7H,3,8-38H2,1-2H3;2*1-2H3;7*1H4/b5-4-,7-6-;;;;;;;;;. The lowest BCUT2D eigenvalue weighted by Crippen LogP contribution is -2.16. The van der Waals surface area contributed by atoms with Crippen molar-refractivity contribution < 1.29 is 129 Å². The van der Waals surface area contributed by atoms with Crippen LogP contribution in [0, 0.1) is 0 Å². The Morgan fingerprint density at radius 3 is 0.784 bits per heavy atom. The minimum Gasteiger partial charge on any atom is -0.469 e. The molecule has 0 saturated carbocycles. The van der Waals surface area contributed by atoms with Gasteiger partial charge in [-0.25, -0.2) is 0 Å². The SMILES string of the molecule is C.C.C.C.C.C.C.CC.CC.CCOCOC(=O)CCCC(=O)OC/C=C\COC(=O)CCC(=O)OCCOCCOC(=O)CCCC(=O)OCCOCCOC(=O)CCCC(=O)OC/C=C\COC(=O)CCCC(=O)OCCCOC(=O)CC(=O)OC. The summed E-state index contributed by atoms with van der Waals surface area (Å²) in [6.45, 7) is 9.57. The second-order valence-corrected chi connectivity index (χ2v) is 15.4. The summed E-state index contributed by atoms with van der Waals surface area (Å²) in [6.07, 6.45) is 5.94. The van der Waals surface area contributed by atoms with Crippen molar-refractivity contribution in [2.75, 3.05) is 113 Å². The van der Waals surface area contributed by atoms with E-state index < -0.39 is 78.1 Å². The predicted molar refractivity (Wildman–Crippen MR) is 328 cm³/mol. The van der Waals surface area contributed by atoms with E-state index in [4.69, 9.17) is 66.3 Å². The fourth-order valence-corrected chi connectivity index (χ4v) is 5.20. The molecule has 0 N–H and O–H groups in total. The summed E-state index contributed by atoms with van der Waals surface area (Å²) in [5.74, 6) is -7.00. The first kappa shape index (κ1) is 103. The van der Waals surface area contributed by atoms with Crippen LogP contribution in [0.4, 0.5) is 0 Å². The molecule has 0 heterocycles. The Kier molecular flexibility index (Phi) is 91.2. The zero-order valence-corrected chi connectivity index (χ0v) is 48.0. The van der Waals surface area contributed by atoms with Gasteiger partial charge in [-0.15, -0.1) is 0 Å². The zero-order chi connectivity index (χ0) is 61.0. The molecule has 0 amide bonds. The molecule has 0 aromatic rings. The van der Waals surface area contributed by atoms with Gasteiger partial charge in [0.05, 0.1) is 59.6 Å². The second-order valence-electron chi connectivity index (χ2n) is 15.4. The van der Waals surface area contributed by atoms with E-state index in [-0.39, 0.29) is 248 Å². The lowest BCUT2D eigenvalue weighted by Gasteiger charge is -2.08. The third-order valence-electron chi connectivity index (χ3n) is 9.08. The van der Waals surface area contributed by atoms with Gasteiger partial charge in [-0.2, -0.15) is 0 Å². The van der Waals surface area contributed by atoms with E-state index in [9.17, 15) is 57.5 Å². The third kappa shape index (κ3) is 77.0. The summed E-state index contributed by atoms with van der Waals surface area (Å²) in [6, 6.07) is 0. The van der Waals surface area contributed by atoms with Crippen LogP contribution in [0.1, 0.15) is 189 Å². The molecule has 0 aromatic heterocycles. The summed E-state index contributed by atoms with van der Waals surface area (Å²) < 4.78 is 74.4. The normalized spacial score (nSPS) is 9.52. The number of ether oxygens (including phenoxy) is 15. The maximum atomic E-state index is 11.9. The van der Waals surface area contributed by atoms with Crippen LogP contribution in [0.2, 0.25) is 0 Å². The minimum absolute atomic E-state index is 0. The van der Waals surface area contributed by atoms with Crippen LogP contribution in [-0.4, -0.2) is 185 Å². The Bertz CT molecular complexity index is 1830. The highest BCUT2D eigenvalue weighted by Crippen LogP contribution is 2.05. The highest BCUT2D eigenvalue weighted by molar-refractivity contribution is 5.91. The quantitative estimate of drug-likeness (QED) is 0.0137. The van der Waals surface area contributed by atoms with Crippen molar-refractivity contribution in [3.63, 3.8) is 0 Å². The topological polar surface area (TPSA) is 343 Å². The summed E-state index contributed by atoms with van der Waals surface area (Å²) in [5, 5.41) is 0. The van der Waals surface area contributed by atoms with Gasteiger partial charge < -0.3 is 71.1 Å². The predicted octanol–water partition coefficient (Wildman–Crippen LogP) is 9.02. The Balaban J connectivity index is -0.000000676. The summed E-state index contributed by atoms with van der Waals surface area (Å²) in [7, 11) is 1.15. The van der Waals surface area contributed by atoms with Crippen LogP contribution < -0.4 is 0 Å². The number of hydrogen-bond donors (Lipinski definition) is 0. The van der Waals surface area contributed by atoms with Gasteiger partial charge in [0.25, 0.3) is 0 Å². The van der Waals surface area contributed by atoms with E-state index in [2.05, 4.69) is 4.74 Å². The first-order valence-electron chi connectivity index (χ1n) is 27.0. The molecule has 0 aliphatic rings. The smallest absolute Gasteiger partial charge is 0.317 e. The van der Waals surface area contributed by atoms with Crippen molar-refractivity contribution >= 4 is 71.6 Å². The number of hydrogen-bond acceptors (Lipinski definition) is 27. The molecule has 520 valence electrons. The highest BCUT2D eigenvalue weighted by atomic mass is 16.7. The second kappa shape index (κ2) is 78.0. The van der Waals surface area contributed by atoms with E-state index >= 15 is 0 Å². The molecule has 27 nitrogen and oxygen atoms in total. The summed E-state index contributed by atoms with van der Waals surface area (Å²) in [4.78, 5) is 140. The monoisotopic (exact) mass is 1280 g/mol. The highest BCUT2D eigenvalue weighted by Gasteiger charge is 2.14. The molecule has 27 heteroatoms. The number of carbonyl (C=O) groups excluding carboxylic acids is 12. The lowest BCUT2D eigenvalue weighted by molar-refractivity contribution is -0.157. The molecular weight excluding hydrogens is 1160 g/mol. The fourth-order valence-electron chi connectivity index (χ4n) is 5.20. The van der Waals surface area contributed by atoms with Crippen LogP contribution in [-0.2, 0) is 129 Å². The van der Waals surface area contributed by atoms with E-state index in [0.717, 1.165) is 7.11 Å². The third-order valence-corrected chi connectivity index (χ3v) is 9.08. The number of esters is 12. The Hall–Kier alpha value is -7.00. The average Bonchev–Trinajstić information content (AvgIpc) is 3.45. The van der Waals surface area contributed by atoms with Crippen molar-refractivity contribution in [1.82, 2.24) is 0 Å². The van der Waals surface area contributed by atoms with Gasteiger partial charge in [-0.3, -0.25) is 57.5 Å². The number of rotatable bonds is 48. The van der Waals surface area contributed by atoms with Gasteiger partial charge in [0.2, 0.25) is 0 Å². The van der Waals surface area contributed by atoms with E-state index in [0.29, 0.717) is 6.61 Å². The molecular formula is C61H114O27. The van der Waals surface area contributed by atoms with Crippen molar-refractivity contribution in [2.45, 2.75) is 189 Å². The molecule has 0 aliphatic heterocycles. The Morgan fingerprint density at radius 1 is 0.261 bits per heavy atom. The van der Waals surface area contributed by atoms with Crippen molar-refractivity contribution in [1.29, 1.82) is 0 Å². The molecule has 0 atom stereocenters. The molecule has 0 fully saturated rings. The molecule has 0 aliphatic carbocycles. The zero-order valence-electron chi connectivity index (χ0n) is 48.0. The number of methoxy groups -OCH3 is 1. The van der Waals surface area contributed by atoms with Gasteiger partial charge in [0.15, 0.2) is 6.79 Å². The number of carbonyl (C=O) groups is 12. The average molecular weight is 1280 g/mol. The van der Waals surface area contributed by atoms with Crippen LogP contribution in [0.15, 0.2) is 24.3 Å². The molecule has 88 heavy (non-hydrogen) atoms. The van der Waals surface area contributed by atoms with Gasteiger partial charge in [0, 0.05) is 64.4 Å². The molecule has 0 rings (SSSR count). The van der Waals surface area contributed by atoms with E-state index in [1.54, 1.807) is 6.92 Å². The minimum atomic E-state index is -0.750. The van der Waals surface area contributed by atoms with Gasteiger partial charge in [-0.05, 0) is 56.9 Å². The van der Waals surface area contributed by atoms with Crippen LogP contribution in [0.25, 0.3) is 0 Å². The van der Waals surface area contributed by atoms with Crippen molar-refractivity contribution in [2.24, 2.45) is 0 Å². The molecule has 0 radical (unpaired) electrons. The van der Waals surface area contributed by atoms with E-state index in [1.165, 1.54) is 24.3 Å². The van der Waals surface area contributed by atoms with Gasteiger partial charge >= 0.3 is 71.6 Å². The molecule has 0 spiro atoms. The lowest BCUT2D eigenvalue weighted by atomic mass is 10.2. The summed E-state index contributed by atoms with van der Waals surface area (Å²) >= 11 is 0. The molecule has 0 aromatic carbocycles. The van der Waals surface area contributed by atoms with Crippen LogP contribution in [0.3, 0.4) is 0 Å². The van der Waals surface area contributed by atoms with E-state index in [1.807, 2.05) is 27.7 Å². The first-order chi connectivity index (χ1) is 39.1. The maximum Gasteiger partial charge on any atom is 0.317 e. The Labute approximate surface area is 525 Å². The largest absolute Gasteiger partial charge is 0.469 e. The molecule has 0 bridgehead atoms. The molecule has 0 unspecified atom stereocenters. The van der Waals surface area contributed by atoms with Crippen molar-refractivity contribution in [3.05, 3.63) is 24.3 Å². The molecule has 0 saturated heterocycles. The Morgan fingerprint density at radius 2 is 0.500 bits per heavy atom. The van der Waals surface area contributed by atoms with Gasteiger partial charge in [-0.1, -0.05) is 79.7 Å². The first-order valence-corrected chi connectivity index (χ1v) is 27.0. The van der Waals surface area contributed by atoms with Crippen LogP contribution >= 0.6 is 0 Å². The maximum absolute atomic E-state index is 11.9. The fraction of sp³-hybridized carbons (Fsp3) is 0.738. The van der Waals surface area contributed by atoms with Gasteiger partial charge in [0.1, 0.15) is 59.3 Å². The summed E-state index contributed by atoms with van der Waals surface area (Å²) in [5.41, 5.74) is 0.